The SMILES string of the molecule is C#Cc1ccc2[nH]c(C=O)c(C(=O)O)c2c1. The molecular weight excluding hydrogens is 206 g/mol. The molecule has 0 aliphatic heterocycles. The van der Waals surface area contributed by atoms with Gasteiger partial charge in [-0.1, -0.05) is 5.92 Å². The third-order valence-electron chi connectivity index (χ3n) is 2.33. The Labute approximate surface area is 90.9 Å². The van der Waals surface area contributed by atoms with Gasteiger partial charge >= 0.3 is 5.97 Å². The predicted octanol–water partition coefficient (Wildman–Crippen LogP) is 1.66. The molecule has 4 nitrogen and oxygen atoms in total. The molecule has 0 aliphatic rings. The van der Waals surface area contributed by atoms with E-state index in [-0.39, 0.29) is 11.3 Å². The number of hydrogen-bond acceptors (Lipinski definition) is 2. The highest BCUT2D eigenvalue weighted by atomic mass is 16.4. The Hall–Kier alpha value is -2.54. The lowest BCUT2D eigenvalue weighted by Gasteiger charge is -1.94. The van der Waals surface area contributed by atoms with Crippen LogP contribution in [0.4, 0.5) is 0 Å². The third kappa shape index (κ3) is 1.35. The van der Waals surface area contributed by atoms with Crippen LogP contribution in [0.2, 0.25) is 0 Å². The van der Waals surface area contributed by atoms with Gasteiger partial charge in [0.05, 0.1) is 11.3 Å². The molecule has 0 fully saturated rings. The van der Waals surface area contributed by atoms with Gasteiger partial charge in [-0.15, -0.1) is 6.42 Å². The van der Waals surface area contributed by atoms with Crippen molar-refractivity contribution < 1.29 is 14.7 Å². The largest absolute Gasteiger partial charge is 0.478 e. The lowest BCUT2D eigenvalue weighted by molar-refractivity contribution is 0.0696. The number of nitrogens with one attached hydrogen (secondary N) is 1. The Morgan fingerprint density at radius 1 is 1.50 bits per heavy atom. The summed E-state index contributed by atoms with van der Waals surface area (Å²) in [5, 5.41) is 9.47. The molecule has 0 amide bonds. The first-order valence-corrected chi connectivity index (χ1v) is 4.48. The molecule has 4 heteroatoms. The Morgan fingerprint density at radius 3 is 2.81 bits per heavy atom. The summed E-state index contributed by atoms with van der Waals surface area (Å²) in [5.41, 5.74) is 1.17. The Balaban J connectivity index is 2.87. The number of aromatic nitrogens is 1. The molecule has 0 spiro atoms. The van der Waals surface area contributed by atoms with Gasteiger partial charge in [-0.2, -0.15) is 0 Å². The van der Waals surface area contributed by atoms with Crippen LogP contribution in [0.1, 0.15) is 26.4 Å². The van der Waals surface area contributed by atoms with Crippen molar-refractivity contribution in [2.24, 2.45) is 0 Å². The highest BCUT2D eigenvalue weighted by Crippen LogP contribution is 2.22. The molecule has 0 aliphatic carbocycles. The van der Waals surface area contributed by atoms with Crippen LogP contribution in [-0.2, 0) is 0 Å². The fourth-order valence-corrected chi connectivity index (χ4v) is 1.62. The van der Waals surface area contributed by atoms with Crippen LogP contribution in [-0.4, -0.2) is 22.3 Å². The van der Waals surface area contributed by atoms with E-state index >= 15 is 0 Å². The number of terminal acetylenes is 1. The first kappa shape index (κ1) is 9.99. The minimum absolute atomic E-state index is 0.0397. The summed E-state index contributed by atoms with van der Waals surface area (Å²) in [6.07, 6.45) is 5.71. The number of carbonyl (C=O) groups excluding carboxylic acids is 1. The van der Waals surface area contributed by atoms with E-state index in [1.807, 2.05) is 0 Å². The Bertz CT molecular complexity index is 631. The van der Waals surface area contributed by atoms with Crippen molar-refractivity contribution in [3.63, 3.8) is 0 Å². The number of hydrogen-bond donors (Lipinski definition) is 2. The lowest BCUT2D eigenvalue weighted by Crippen LogP contribution is -1.99. The van der Waals surface area contributed by atoms with Crippen LogP contribution < -0.4 is 0 Å². The third-order valence-corrected chi connectivity index (χ3v) is 2.33. The number of H-pyrrole nitrogens is 1. The number of benzene rings is 1. The lowest BCUT2D eigenvalue weighted by atomic mass is 10.1. The second-order valence-electron chi connectivity index (χ2n) is 3.24. The smallest absolute Gasteiger partial charge is 0.338 e. The average molecular weight is 213 g/mol. The fourth-order valence-electron chi connectivity index (χ4n) is 1.62. The highest BCUT2D eigenvalue weighted by Gasteiger charge is 2.17. The van der Waals surface area contributed by atoms with Crippen molar-refractivity contribution in [2.75, 3.05) is 0 Å². The van der Waals surface area contributed by atoms with Crippen LogP contribution in [0.3, 0.4) is 0 Å². The van der Waals surface area contributed by atoms with E-state index in [0.717, 1.165) is 0 Å². The number of carbonyl (C=O) groups is 2. The molecule has 78 valence electrons. The number of aldehydes is 1. The van der Waals surface area contributed by atoms with Gasteiger partial charge in [0.1, 0.15) is 0 Å². The molecule has 0 bridgehead atoms. The second-order valence-corrected chi connectivity index (χ2v) is 3.24. The summed E-state index contributed by atoms with van der Waals surface area (Å²) in [6.45, 7) is 0. The molecule has 1 heterocycles. The van der Waals surface area contributed by atoms with Crippen LogP contribution in [0, 0.1) is 12.3 Å². The highest BCUT2D eigenvalue weighted by molar-refractivity contribution is 6.09. The fraction of sp³-hybridized carbons (Fsp3) is 0. The number of aromatic carboxylic acids is 1. The van der Waals surface area contributed by atoms with E-state index in [1.54, 1.807) is 18.2 Å². The van der Waals surface area contributed by atoms with Gasteiger partial charge in [0.15, 0.2) is 6.29 Å². The van der Waals surface area contributed by atoms with Crippen molar-refractivity contribution in [2.45, 2.75) is 0 Å². The van der Waals surface area contributed by atoms with Crippen molar-refractivity contribution >= 4 is 23.2 Å². The summed E-state index contributed by atoms with van der Waals surface area (Å²) in [5.74, 6) is 1.27. The van der Waals surface area contributed by atoms with Gasteiger partial charge in [0.25, 0.3) is 0 Å². The van der Waals surface area contributed by atoms with Crippen LogP contribution in [0.15, 0.2) is 18.2 Å². The van der Waals surface area contributed by atoms with E-state index in [0.29, 0.717) is 22.8 Å². The summed E-state index contributed by atoms with van der Waals surface area (Å²) >= 11 is 0. The van der Waals surface area contributed by atoms with E-state index < -0.39 is 5.97 Å². The molecule has 0 atom stereocenters. The van der Waals surface area contributed by atoms with Crippen molar-refractivity contribution in [1.29, 1.82) is 0 Å². The van der Waals surface area contributed by atoms with E-state index in [1.165, 1.54) is 0 Å². The maximum absolute atomic E-state index is 11.0. The average Bonchev–Trinajstić information content (AvgIpc) is 2.65. The zero-order chi connectivity index (χ0) is 11.7. The minimum atomic E-state index is -1.15. The van der Waals surface area contributed by atoms with Gasteiger partial charge in [-0.05, 0) is 18.2 Å². The van der Waals surface area contributed by atoms with Gasteiger partial charge in [0, 0.05) is 16.5 Å². The number of rotatable bonds is 2. The number of fused-ring (bicyclic) bond motifs is 1. The van der Waals surface area contributed by atoms with Crippen LogP contribution in [0.25, 0.3) is 10.9 Å². The van der Waals surface area contributed by atoms with Crippen LogP contribution in [0.5, 0.6) is 0 Å². The summed E-state index contributed by atoms with van der Waals surface area (Å²) in [4.78, 5) is 24.5. The molecule has 2 rings (SSSR count). The number of carboxylic acids is 1. The van der Waals surface area contributed by atoms with Gasteiger partial charge in [-0.25, -0.2) is 4.79 Å². The monoisotopic (exact) mass is 213 g/mol. The number of aromatic amines is 1. The van der Waals surface area contributed by atoms with Crippen LogP contribution >= 0.6 is 0 Å². The summed E-state index contributed by atoms with van der Waals surface area (Å²) in [7, 11) is 0. The maximum atomic E-state index is 11.0. The topological polar surface area (TPSA) is 70.2 Å². The first-order valence-electron chi connectivity index (χ1n) is 4.48. The van der Waals surface area contributed by atoms with Gasteiger partial charge in [0.2, 0.25) is 0 Å². The molecule has 0 saturated carbocycles. The Kier molecular flexibility index (Phi) is 2.22. The molecule has 2 aromatic rings. The first-order chi connectivity index (χ1) is 7.67. The minimum Gasteiger partial charge on any atom is -0.478 e. The molecule has 0 saturated heterocycles. The summed E-state index contributed by atoms with van der Waals surface area (Å²) < 4.78 is 0. The maximum Gasteiger partial charge on any atom is 0.338 e. The quantitative estimate of drug-likeness (QED) is 0.588. The van der Waals surface area contributed by atoms with Crippen molar-refractivity contribution in [3.05, 3.63) is 35.0 Å². The number of carboxylic acid groups (broad SMARTS) is 1. The molecular formula is C12H7NO3. The molecule has 2 N–H and O–H groups in total. The van der Waals surface area contributed by atoms with Gasteiger partial charge in [-0.3, -0.25) is 4.79 Å². The van der Waals surface area contributed by atoms with E-state index in [9.17, 15) is 9.59 Å². The second kappa shape index (κ2) is 3.55. The summed E-state index contributed by atoms with van der Waals surface area (Å²) in [6, 6.07) is 4.91. The standard InChI is InChI=1S/C12H7NO3/c1-2-7-3-4-9-8(5-7)11(12(15)16)10(6-14)13-9/h1,3-6,13H,(H,15,16). The molecule has 1 aromatic heterocycles. The normalized spacial score (nSPS) is 9.94. The van der Waals surface area contributed by atoms with Crippen molar-refractivity contribution in [3.8, 4) is 12.3 Å². The molecule has 0 radical (unpaired) electrons. The van der Waals surface area contributed by atoms with Gasteiger partial charge < -0.3 is 10.1 Å². The zero-order valence-electron chi connectivity index (χ0n) is 8.15. The van der Waals surface area contributed by atoms with Crippen molar-refractivity contribution in [1.82, 2.24) is 4.98 Å². The molecule has 1 aromatic carbocycles. The zero-order valence-corrected chi connectivity index (χ0v) is 8.15. The predicted molar refractivity (Wildman–Crippen MR) is 58.6 cm³/mol. The Morgan fingerprint density at radius 2 is 2.25 bits per heavy atom. The molecule has 0 unspecified atom stereocenters. The van der Waals surface area contributed by atoms with E-state index in [2.05, 4.69) is 10.9 Å². The van der Waals surface area contributed by atoms with E-state index in [4.69, 9.17) is 11.5 Å². The molecule has 16 heavy (non-hydrogen) atoms.